The molecule has 0 bridgehead atoms. The Morgan fingerprint density at radius 3 is 2.61 bits per heavy atom. The summed E-state index contributed by atoms with van der Waals surface area (Å²) in [6, 6.07) is 8.76. The van der Waals surface area contributed by atoms with Crippen molar-refractivity contribution in [3.63, 3.8) is 0 Å². The molecule has 3 aromatic rings. The number of pyridine rings is 1. The molecule has 11 heteroatoms. The lowest BCUT2D eigenvalue weighted by Crippen LogP contribution is -2.32. The molecule has 0 unspecified atom stereocenters. The van der Waals surface area contributed by atoms with Crippen LogP contribution in [-0.2, 0) is 0 Å². The summed E-state index contributed by atoms with van der Waals surface area (Å²) in [6.07, 6.45) is 4.36. The van der Waals surface area contributed by atoms with Crippen LogP contribution >= 0.6 is 11.6 Å². The van der Waals surface area contributed by atoms with Crippen molar-refractivity contribution >= 4 is 36.1 Å². The largest absolute Gasteiger partial charge is 0.423 e. The van der Waals surface area contributed by atoms with E-state index in [0.29, 0.717) is 16.8 Å². The third-order valence-corrected chi connectivity index (χ3v) is 5.32. The minimum Gasteiger partial charge on any atom is -0.423 e. The molecule has 0 saturated heterocycles. The number of anilines is 1. The van der Waals surface area contributed by atoms with Gasteiger partial charge in [0.2, 0.25) is 5.43 Å². The summed E-state index contributed by atoms with van der Waals surface area (Å²) in [6.45, 7) is 10.8. The predicted molar refractivity (Wildman–Crippen MR) is 142 cm³/mol. The average Bonchev–Trinajstić information content (AvgIpc) is 2.84. The zero-order chi connectivity index (χ0) is 26.4. The van der Waals surface area contributed by atoms with Gasteiger partial charge in [-0.2, -0.15) is 5.10 Å². The van der Waals surface area contributed by atoms with Crippen LogP contribution in [-0.4, -0.2) is 33.4 Å². The van der Waals surface area contributed by atoms with E-state index in [2.05, 4.69) is 32.1 Å². The molecular formula is C25H26ClN7O3. The molecule has 0 aliphatic heterocycles. The molecular weight excluding hydrogens is 482 g/mol. The van der Waals surface area contributed by atoms with Crippen molar-refractivity contribution in [3.05, 3.63) is 81.1 Å². The van der Waals surface area contributed by atoms with E-state index in [0.717, 1.165) is 5.56 Å². The smallest absolute Gasteiger partial charge is 0.321 e. The quantitative estimate of drug-likeness (QED) is 0.379. The lowest BCUT2D eigenvalue weighted by Gasteiger charge is -2.14. The first-order chi connectivity index (χ1) is 17.1. The highest BCUT2D eigenvalue weighted by molar-refractivity contribution is 6.34. The van der Waals surface area contributed by atoms with Gasteiger partial charge in [0.05, 0.1) is 6.20 Å². The van der Waals surface area contributed by atoms with Gasteiger partial charge in [0.15, 0.2) is 11.4 Å². The van der Waals surface area contributed by atoms with Gasteiger partial charge in [-0.3, -0.25) is 14.3 Å². The Morgan fingerprint density at radius 1 is 1.28 bits per heavy atom. The maximum Gasteiger partial charge on any atom is 0.321 e. The summed E-state index contributed by atoms with van der Waals surface area (Å²) in [5.41, 5.74) is 7.39. The van der Waals surface area contributed by atoms with Crippen molar-refractivity contribution in [2.75, 3.05) is 5.73 Å². The number of halogens is 1. The number of rotatable bonds is 6. The van der Waals surface area contributed by atoms with Crippen LogP contribution in [0, 0.1) is 6.92 Å². The van der Waals surface area contributed by atoms with Crippen molar-refractivity contribution in [3.8, 4) is 16.9 Å². The Labute approximate surface area is 213 Å². The fraction of sp³-hybridized carbons (Fsp3) is 0.200. The maximum absolute atomic E-state index is 13.2. The van der Waals surface area contributed by atoms with E-state index in [1.54, 1.807) is 17.8 Å². The fourth-order valence-electron chi connectivity index (χ4n) is 3.00. The van der Waals surface area contributed by atoms with Crippen molar-refractivity contribution in [1.29, 1.82) is 0 Å². The first-order valence-electron chi connectivity index (χ1n) is 10.9. The number of hydrogen-bond acceptors (Lipinski definition) is 7. The third-order valence-electron chi connectivity index (χ3n) is 4.94. The molecule has 3 rings (SSSR count). The number of nitrogens with zero attached hydrogens (tertiary/aromatic N) is 5. The summed E-state index contributed by atoms with van der Waals surface area (Å²) in [5.74, 6) is -0.396. The SMILES string of the molecule is C=N/C(=N\C=C(/C)NC(=O)c1nn(C(C)C)cc(-c2ccc(C)cc2)c1=O)Oc1ccnc(N)c1Cl. The van der Waals surface area contributed by atoms with Crippen LogP contribution in [0.3, 0.4) is 0 Å². The minimum atomic E-state index is -0.675. The molecule has 3 N–H and O–H groups in total. The molecule has 0 radical (unpaired) electrons. The number of hydrogen-bond donors (Lipinski definition) is 2. The molecule has 186 valence electrons. The Bertz CT molecular complexity index is 1410. The third kappa shape index (κ3) is 6.22. The highest BCUT2D eigenvalue weighted by Gasteiger charge is 2.19. The van der Waals surface area contributed by atoms with Crippen molar-refractivity contribution in [1.82, 2.24) is 20.1 Å². The number of nitrogens with two attached hydrogens (primary N) is 1. The Hall–Kier alpha value is -4.31. The maximum atomic E-state index is 13.2. The summed E-state index contributed by atoms with van der Waals surface area (Å²) >= 11 is 6.07. The Morgan fingerprint density at radius 2 is 1.97 bits per heavy atom. The summed E-state index contributed by atoms with van der Waals surface area (Å²) in [4.78, 5) is 37.8. The molecule has 0 aliphatic carbocycles. The molecule has 0 saturated carbocycles. The normalized spacial score (nSPS) is 11.9. The van der Waals surface area contributed by atoms with Gasteiger partial charge in [-0.25, -0.2) is 15.0 Å². The molecule has 1 amide bonds. The molecule has 0 atom stereocenters. The van der Waals surface area contributed by atoms with Crippen LogP contribution in [0.1, 0.15) is 42.9 Å². The lowest BCUT2D eigenvalue weighted by molar-refractivity contribution is 0.0957. The zero-order valence-electron chi connectivity index (χ0n) is 20.3. The number of amides is 1. The number of allylic oxidation sites excluding steroid dienone is 1. The van der Waals surface area contributed by atoms with Gasteiger partial charge in [0, 0.05) is 35.8 Å². The van der Waals surface area contributed by atoms with Gasteiger partial charge in [-0.15, -0.1) is 0 Å². The molecule has 0 aliphatic rings. The van der Waals surface area contributed by atoms with Crippen LogP contribution in [0.25, 0.3) is 11.1 Å². The summed E-state index contributed by atoms with van der Waals surface area (Å²) in [5, 5.41) is 6.98. The van der Waals surface area contributed by atoms with Gasteiger partial charge in [-0.1, -0.05) is 41.4 Å². The Kier molecular flexibility index (Phi) is 8.34. The number of aliphatic imine (C=N–C) groups is 2. The minimum absolute atomic E-state index is 0.0741. The van der Waals surface area contributed by atoms with Gasteiger partial charge < -0.3 is 15.8 Å². The number of amidine groups is 1. The second kappa shape index (κ2) is 11.4. The Balaban J connectivity index is 1.88. The monoisotopic (exact) mass is 507 g/mol. The summed E-state index contributed by atoms with van der Waals surface area (Å²) < 4.78 is 7.08. The number of nitrogens with one attached hydrogen (secondary N) is 1. The zero-order valence-corrected chi connectivity index (χ0v) is 21.1. The van der Waals surface area contributed by atoms with Crippen LogP contribution in [0.15, 0.2) is 69.4 Å². The van der Waals surface area contributed by atoms with E-state index < -0.39 is 11.3 Å². The van der Waals surface area contributed by atoms with Crippen LogP contribution in [0.5, 0.6) is 5.75 Å². The number of nitrogen functional groups attached to an aromatic ring is 1. The second-order valence-electron chi connectivity index (χ2n) is 8.11. The molecule has 10 nitrogen and oxygen atoms in total. The average molecular weight is 508 g/mol. The van der Waals surface area contributed by atoms with E-state index >= 15 is 0 Å². The molecule has 0 fully saturated rings. The molecule has 0 spiro atoms. The first-order valence-corrected chi connectivity index (χ1v) is 11.3. The topological polar surface area (TPSA) is 137 Å². The second-order valence-corrected chi connectivity index (χ2v) is 8.48. The van der Waals surface area contributed by atoms with E-state index in [4.69, 9.17) is 22.1 Å². The standard InChI is InChI=1S/C25H26ClN7O3/c1-14(2)33-13-18(17-8-6-15(3)7-9-17)22(34)21(32-33)24(35)31-16(4)12-30-25(28-5)36-19-10-11-29-23(27)20(19)26/h6-14H,5H2,1-4H3,(H2,27,29)(H,31,35)/b16-12+,30-25+. The van der Waals surface area contributed by atoms with Crippen molar-refractivity contribution < 1.29 is 9.53 Å². The van der Waals surface area contributed by atoms with E-state index in [1.807, 2.05) is 45.0 Å². The molecule has 2 aromatic heterocycles. The van der Waals surface area contributed by atoms with Gasteiger partial charge in [-0.05, 0) is 40.0 Å². The van der Waals surface area contributed by atoms with Gasteiger partial charge in [0.25, 0.3) is 5.91 Å². The number of aromatic nitrogens is 3. The van der Waals surface area contributed by atoms with E-state index in [1.165, 1.54) is 18.5 Å². The predicted octanol–water partition coefficient (Wildman–Crippen LogP) is 4.16. The lowest BCUT2D eigenvalue weighted by atomic mass is 10.0. The number of benzene rings is 1. The molecule has 1 aromatic carbocycles. The van der Waals surface area contributed by atoms with Crippen LogP contribution in [0.2, 0.25) is 5.02 Å². The first kappa shape index (κ1) is 26.3. The number of aryl methyl sites for hydroxylation is 1. The number of carbonyl (C=O) groups excluding carboxylic acids is 1. The number of ether oxygens (including phenoxy) is 1. The van der Waals surface area contributed by atoms with Crippen molar-refractivity contribution in [2.24, 2.45) is 9.98 Å². The molecule has 2 heterocycles. The van der Waals surface area contributed by atoms with Crippen LogP contribution < -0.4 is 21.2 Å². The highest BCUT2D eigenvalue weighted by atomic mass is 35.5. The van der Waals surface area contributed by atoms with Gasteiger partial charge >= 0.3 is 6.02 Å². The fourth-order valence-corrected chi connectivity index (χ4v) is 3.15. The van der Waals surface area contributed by atoms with E-state index in [-0.39, 0.29) is 34.3 Å². The van der Waals surface area contributed by atoms with Crippen molar-refractivity contribution in [2.45, 2.75) is 33.7 Å². The summed E-state index contributed by atoms with van der Waals surface area (Å²) in [7, 11) is 0. The van der Waals surface area contributed by atoms with Crippen LogP contribution in [0.4, 0.5) is 5.82 Å². The van der Waals surface area contributed by atoms with E-state index in [9.17, 15) is 9.59 Å². The van der Waals surface area contributed by atoms with Gasteiger partial charge in [0.1, 0.15) is 10.8 Å². The molecule has 36 heavy (non-hydrogen) atoms. The highest BCUT2D eigenvalue weighted by Crippen LogP contribution is 2.28. The number of carbonyl (C=O) groups is 1.